The SMILES string of the molecule is CC(C)C[C@@H](C(=O)O)N(CCC#N)CCC#N. The Hall–Kier alpha value is -1.59. The number of hydrogen-bond donors (Lipinski definition) is 1. The smallest absolute Gasteiger partial charge is 0.320 e. The summed E-state index contributed by atoms with van der Waals surface area (Å²) in [7, 11) is 0. The van der Waals surface area contributed by atoms with Crippen LogP contribution >= 0.6 is 0 Å². The van der Waals surface area contributed by atoms with E-state index in [2.05, 4.69) is 0 Å². The van der Waals surface area contributed by atoms with Gasteiger partial charge >= 0.3 is 5.97 Å². The summed E-state index contributed by atoms with van der Waals surface area (Å²) in [6, 6.07) is 3.41. The van der Waals surface area contributed by atoms with E-state index in [9.17, 15) is 9.90 Å². The van der Waals surface area contributed by atoms with Gasteiger partial charge in [0, 0.05) is 25.9 Å². The largest absolute Gasteiger partial charge is 0.480 e. The van der Waals surface area contributed by atoms with Gasteiger partial charge in [-0.2, -0.15) is 10.5 Å². The second kappa shape index (κ2) is 8.55. The Morgan fingerprint density at radius 2 is 1.71 bits per heavy atom. The average Bonchev–Trinajstić information content (AvgIpc) is 2.26. The minimum Gasteiger partial charge on any atom is -0.480 e. The molecule has 0 radical (unpaired) electrons. The monoisotopic (exact) mass is 237 g/mol. The summed E-state index contributed by atoms with van der Waals surface area (Å²) < 4.78 is 0. The minimum absolute atomic E-state index is 0.266. The molecular formula is C12H19N3O2. The van der Waals surface area contributed by atoms with E-state index in [-0.39, 0.29) is 18.8 Å². The number of carboxylic acid groups (broad SMARTS) is 1. The van der Waals surface area contributed by atoms with E-state index in [4.69, 9.17) is 10.5 Å². The van der Waals surface area contributed by atoms with Gasteiger partial charge in [0.15, 0.2) is 0 Å². The molecule has 0 aliphatic rings. The van der Waals surface area contributed by atoms with E-state index in [0.717, 1.165) is 0 Å². The molecule has 0 spiro atoms. The molecule has 5 heteroatoms. The van der Waals surface area contributed by atoms with Crippen LogP contribution in [0.1, 0.15) is 33.1 Å². The molecular weight excluding hydrogens is 218 g/mol. The predicted octanol–water partition coefficient (Wildman–Crippen LogP) is 1.62. The molecule has 0 aromatic rings. The first-order valence-corrected chi connectivity index (χ1v) is 5.73. The van der Waals surface area contributed by atoms with E-state index in [1.165, 1.54) is 0 Å². The molecule has 1 atom stereocenters. The molecule has 5 nitrogen and oxygen atoms in total. The molecule has 0 aliphatic carbocycles. The molecule has 0 saturated heterocycles. The van der Waals surface area contributed by atoms with Crippen molar-refractivity contribution in [3.8, 4) is 12.1 Å². The normalized spacial score (nSPS) is 12.1. The van der Waals surface area contributed by atoms with Crippen molar-refractivity contribution >= 4 is 5.97 Å². The summed E-state index contributed by atoms with van der Waals surface area (Å²) >= 11 is 0. The zero-order valence-electron chi connectivity index (χ0n) is 10.4. The van der Waals surface area contributed by atoms with Crippen molar-refractivity contribution < 1.29 is 9.90 Å². The second-order valence-corrected chi connectivity index (χ2v) is 4.34. The highest BCUT2D eigenvalue weighted by atomic mass is 16.4. The molecule has 0 heterocycles. The van der Waals surface area contributed by atoms with Crippen LogP contribution in [0.5, 0.6) is 0 Å². The van der Waals surface area contributed by atoms with Crippen LogP contribution in [0.25, 0.3) is 0 Å². The first kappa shape index (κ1) is 15.4. The van der Waals surface area contributed by atoms with Crippen LogP contribution in [0.3, 0.4) is 0 Å². The van der Waals surface area contributed by atoms with Gasteiger partial charge in [0.2, 0.25) is 0 Å². The van der Waals surface area contributed by atoms with Crippen molar-refractivity contribution in [1.82, 2.24) is 4.90 Å². The fourth-order valence-electron chi connectivity index (χ4n) is 1.66. The molecule has 0 aromatic carbocycles. The highest BCUT2D eigenvalue weighted by Gasteiger charge is 2.25. The van der Waals surface area contributed by atoms with Crippen molar-refractivity contribution in [3.05, 3.63) is 0 Å². The third-order valence-corrected chi connectivity index (χ3v) is 2.44. The second-order valence-electron chi connectivity index (χ2n) is 4.34. The average molecular weight is 237 g/mol. The quantitative estimate of drug-likeness (QED) is 0.693. The van der Waals surface area contributed by atoms with E-state index < -0.39 is 12.0 Å². The lowest BCUT2D eigenvalue weighted by Gasteiger charge is -2.28. The predicted molar refractivity (Wildman–Crippen MR) is 62.9 cm³/mol. The summed E-state index contributed by atoms with van der Waals surface area (Å²) in [5, 5.41) is 26.3. The van der Waals surface area contributed by atoms with Crippen LogP contribution in [0.4, 0.5) is 0 Å². The fourth-order valence-corrected chi connectivity index (χ4v) is 1.66. The third-order valence-electron chi connectivity index (χ3n) is 2.44. The van der Waals surface area contributed by atoms with Crippen LogP contribution in [0.2, 0.25) is 0 Å². The zero-order valence-corrected chi connectivity index (χ0v) is 10.4. The molecule has 0 aromatic heterocycles. The lowest BCUT2D eigenvalue weighted by Crippen LogP contribution is -2.43. The Kier molecular flexibility index (Phi) is 7.75. The maximum Gasteiger partial charge on any atom is 0.320 e. The number of carbonyl (C=O) groups is 1. The van der Waals surface area contributed by atoms with Crippen LogP contribution in [-0.2, 0) is 4.79 Å². The van der Waals surface area contributed by atoms with Gasteiger partial charge in [-0.25, -0.2) is 0 Å². The minimum atomic E-state index is -0.880. The van der Waals surface area contributed by atoms with Crippen LogP contribution in [0.15, 0.2) is 0 Å². The maximum atomic E-state index is 11.2. The Labute approximate surface area is 102 Å². The number of rotatable bonds is 8. The zero-order chi connectivity index (χ0) is 13.3. The molecule has 0 bridgehead atoms. The maximum absolute atomic E-state index is 11.2. The molecule has 1 N–H and O–H groups in total. The van der Waals surface area contributed by atoms with Gasteiger partial charge in [-0.05, 0) is 12.3 Å². The summed E-state index contributed by atoms with van der Waals surface area (Å²) in [6.07, 6.45) is 1.10. The van der Waals surface area contributed by atoms with Crippen LogP contribution < -0.4 is 0 Å². The number of nitriles is 2. The van der Waals surface area contributed by atoms with E-state index in [1.807, 2.05) is 26.0 Å². The molecule has 0 rings (SSSR count). The first-order valence-electron chi connectivity index (χ1n) is 5.73. The molecule has 0 saturated carbocycles. The Morgan fingerprint density at radius 3 is 2.00 bits per heavy atom. The third kappa shape index (κ3) is 6.55. The Bertz CT molecular complexity index is 297. The lowest BCUT2D eigenvalue weighted by atomic mass is 10.0. The molecule has 0 fully saturated rings. The first-order chi connectivity index (χ1) is 8.02. The number of hydrogen-bond acceptors (Lipinski definition) is 4. The highest BCUT2D eigenvalue weighted by molar-refractivity contribution is 5.73. The Morgan fingerprint density at radius 1 is 1.24 bits per heavy atom. The summed E-state index contributed by atoms with van der Waals surface area (Å²) in [6.45, 7) is 4.73. The van der Waals surface area contributed by atoms with E-state index >= 15 is 0 Å². The summed E-state index contributed by atoms with van der Waals surface area (Å²) in [5.74, 6) is -0.614. The highest BCUT2D eigenvalue weighted by Crippen LogP contribution is 2.13. The van der Waals surface area contributed by atoms with Crippen molar-refractivity contribution in [2.24, 2.45) is 5.92 Å². The standard InChI is InChI=1S/C12H19N3O2/c1-10(2)9-11(12(16)17)15(7-3-5-13)8-4-6-14/h10-11H,3-4,7-9H2,1-2H3,(H,16,17)/t11-/m0/s1. The van der Waals surface area contributed by atoms with E-state index in [0.29, 0.717) is 19.5 Å². The number of nitrogens with zero attached hydrogens (tertiary/aromatic N) is 3. The van der Waals surface area contributed by atoms with Gasteiger partial charge in [-0.1, -0.05) is 13.8 Å². The van der Waals surface area contributed by atoms with Gasteiger partial charge in [0.1, 0.15) is 6.04 Å². The fraction of sp³-hybridized carbons (Fsp3) is 0.750. The van der Waals surface area contributed by atoms with Crippen molar-refractivity contribution in [1.29, 1.82) is 10.5 Å². The van der Waals surface area contributed by atoms with Crippen LogP contribution in [0, 0.1) is 28.6 Å². The topological polar surface area (TPSA) is 88.1 Å². The van der Waals surface area contributed by atoms with Crippen molar-refractivity contribution in [2.45, 2.75) is 39.2 Å². The molecule has 0 amide bonds. The van der Waals surface area contributed by atoms with Gasteiger partial charge in [-0.15, -0.1) is 0 Å². The Balaban J connectivity index is 4.62. The number of aliphatic carboxylic acids is 1. The summed E-state index contributed by atoms with van der Waals surface area (Å²) in [4.78, 5) is 12.9. The molecule has 0 aliphatic heterocycles. The van der Waals surface area contributed by atoms with Crippen molar-refractivity contribution in [2.75, 3.05) is 13.1 Å². The van der Waals surface area contributed by atoms with Gasteiger partial charge in [0.25, 0.3) is 0 Å². The van der Waals surface area contributed by atoms with Gasteiger partial charge in [-0.3, -0.25) is 9.69 Å². The molecule has 0 unspecified atom stereocenters. The lowest BCUT2D eigenvalue weighted by molar-refractivity contribution is -0.144. The number of carboxylic acids is 1. The van der Waals surface area contributed by atoms with Crippen LogP contribution in [-0.4, -0.2) is 35.1 Å². The van der Waals surface area contributed by atoms with Gasteiger partial charge < -0.3 is 5.11 Å². The molecule has 94 valence electrons. The molecule has 17 heavy (non-hydrogen) atoms. The van der Waals surface area contributed by atoms with Crippen molar-refractivity contribution in [3.63, 3.8) is 0 Å². The summed E-state index contributed by atoms with van der Waals surface area (Å²) in [5.41, 5.74) is 0. The van der Waals surface area contributed by atoms with Gasteiger partial charge in [0.05, 0.1) is 12.1 Å². The van der Waals surface area contributed by atoms with E-state index in [1.54, 1.807) is 4.90 Å².